The zero-order valence-electron chi connectivity index (χ0n) is 8.65. The van der Waals surface area contributed by atoms with Crippen LogP contribution in [-0.4, -0.2) is 28.8 Å². The predicted molar refractivity (Wildman–Crippen MR) is 68.9 cm³/mol. The standard InChI is InChI=1S/C11H11BrN2OS/c12-10-1-2-11(9(7-10)8-13)14-3-5-16(15)6-4-14/h1-2,7H,3-6H2. The zero-order valence-corrected chi connectivity index (χ0v) is 11.1. The predicted octanol–water partition coefficient (Wildman–Crippen LogP) is 1.89. The van der Waals surface area contributed by atoms with E-state index in [-0.39, 0.29) is 0 Å². The summed E-state index contributed by atoms with van der Waals surface area (Å²) in [5, 5.41) is 9.07. The van der Waals surface area contributed by atoms with Crippen molar-refractivity contribution in [2.24, 2.45) is 0 Å². The van der Waals surface area contributed by atoms with Gasteiger partial charge in [0.1, 0.15) is 6.07 Å². The molecular weight excluding hydrogens is 288 g/mol. The van der Waals surface area contributed by atoms with Gasteiger partial charge in [0.05, 0.1) is 11.3 Å². The van der Waals surface area contributed by atoms with Gasteiger partial charge in [-0.2, -0.15) is 5.26 Å². The number of hydrogen-bond donors (Lipinski definition) is 0. The molecule has 1 aliphatic heterocycles. The minimum absolute atomic E-state index is 0.669. The Bertz CT molecular complexity index is 460. The van der Waals surface area contributed by atoms with E-state index in [0.717, 1.165) is 23.2 Å². The van der Waals surface area contributed by atoms with Crippen molar-refractivity contribution < 1.29 is 4.21 Å². The third-order valence-corrected chi connectivity index (χ3v) is 4.37. The summed E-state index contributed by atoms with van der Waals surface area (Å²) >= 11 is 3.35. The summed E-state index contributed by atoms with van der Waals surface area (Å²) in [4.78, 5) is 2.13. The summed E-state index contributed by atoms with van der Waals surface area (Å²) in [6, 6.07) is 7.89. The van der Waals surface area contributed by atoms with Crippen molar-refractivity contribution in [1.82, 2.24) is 0 Å². The van der Waals surface area contributed by atoms with Gasteiger partial charge < -0.3 is 4.90 Å². The van der Waals surface area contributed by atoms with Gasteiger partial charge in [0.25, 0.3) is 0 Å². The van der Waals surface area contributed by atoms with E-state index >= 15 is 0 Å². The molecule has 0 N–H and O–H groups in total. The molecule has 1 saturated heterocycles. The highest BCUT2D eigenvalue weighted by Gasteiger charge is 2.17. The highest BCUT2D eigenvalue weighted by atomic mass is 79.9. The molecule has 3 nitrogen and oxygen atoms in total. The average Bonchev–Trinajstić information content (AvgIpc) is 2.30. The zero-order chi connectivity index (χ0) is 11.5. The van der Waals surface area contributed by atoms with Gasteiger partial charge in [0, 0.05) is 39.9 Å². The molecule has 0 unspecified atom stereocenters. The highest BCUT2D eigenvalue weighted by molar-refractivity contribution is 9.10. The summed E-state index contributed by atoms with van der Waals surface area (Å²) in [6.45, 7) is 1.53. The minimum atomic E-state index is -0.681. The van der Waals surface area contributed by atoms with E-state index in [0.29, 0.717) is 17.1 Å². The molecule has 0 saturated carbocycles. The van der Waals surface area contributed by atoms with Gasteiger partial charge in [-0.05, 0) is 18.2 Å². The van der Waals surface area contributed by atoms with Crippen LogP contribution in [0.1, 0.15) is 5.56 Å². The monoisotopic (exact) mass is 298 g/mol. The summed E-state index contributed by atoms with van der Waals surface area (Å²) in [5.74, 6) is 1.39. The molecule has 1 heterocycles. The summed E-state index contributed by atoms with van der Waals surface area (Å²) in [6.07, 6.45) is 0. The van der Waals surface area contributed by atoms with Crippen LogP contribution in [0.25, 0.3) is 0 Å². The number of nitrogens with zero attached hydrogens (tertiary/aromatic N) is 2. The van der Waals surface area contributed by atoms with Crippen LogP contribution in [-0.2, 0) is 10.8 Å². The van der Waals surface area contributed by atoms with Crippen LogP contribution in [0, 0.1) is 11.3 Å². The molecule has 16 heavy (non-hydrogen) atoms. The first-order valence-corrected chi connectivity index (χ1v) is 7.28. The van der Waals surface area contributed by atoms with Crippen LogP contribution in [0.15, 0.2) is 22.7 Å². The van der Waals surface area contributed by atoms with Crippen molar-refractivity contribution in [3.8, 4) is 6.07 Å². The maximum atomic E-state index is 11.3. The van der Waals surface area contributed by atoms with Gasteiger partial charge >= 0.3 is 0 Å². The molecule has 1 aromatic rings. The van der Waals surface area contributed by atoms with Crippen molar-refractivity contribution in [2.45, 2.75) is 0 Å². The Hall–Kier alpha value is -0.860. The molecule has 2 rings (SSSR count). The summed E-state index contributed by atoms with van der Waals surface area (Å²) in [7, 11) is -0.681. The Morgan fingerprint density at radius 3 is 2.69 bits per heavy atom. The SMILES string of the molecule is N#Cc1cc(Br)ccc1N1CCS(=O)CC1. The molecule has 0 aromatic heterocycles. The van der Waals surface area contributed by atoms with Gasteiger partial charge in [-0.3, -0.25) is 4.21 Å². The van der Waals surface area contributed by atoms with Crippen LogP contribution < -0.4 is 4.90 Å². The van der Waals surface area contributed by atoms with Gasteiger partial charge in [0.2, 0.25) is 0 Å². The number of nitriles is 1. The van der Waals surface area contributed by atoms with Crippen molar-refractivity contribution in [2.75, 3.05) is 29.5 Å². The number of benzene rings is 1. The lowest BCUT2D eigenvalue weighted by molar-refractivity contribution is 0.673. The van der Waals surface area contributed by atoms with Gasteiger partial charge in [0.15, 0.2) is 0 Å². The summed E-state index contributed by atoms with van der Waals surface area (Å²) < 4.78 is 12.2. The van der Waals surface area contributed by atoms with Crippen LogP contribution in [0.3, 0.4) is 0 Å². The van der Waals surface area contributed by atoms with E-state index in [1.165, 1.54) is 0 Å². The fourth-order valence-corrected chi connectivity index (χ4v) is 3.17. The Morgan fingerprint density at radius 1 is 1.38 bits per heavy atom. The molecular formula is C11H11BrN2OS. The molecule has 0 aliphatic carbocycles. The molecule has 1 aliphatic rings. The van der Waals surface area contributed by atoms with Gasteiger partial charge in [-0.15, -0.1) is 0 Å². The van der Waals surface area contributed by atoms with E-state index in [2.05, 4.69) is 26.9 Å². The summed E-state index contributed by atoms with van der Waals surface area (Å²) in [5.41, 5.74) is 1.62. The van der Waals surface area contributed by atoms with E-state index < -0.39 is 10.8 Å². The van der Waals surface area contributed by atoms with Crippen molar-refractivity contribution >= 4 is 32.4 Å². The largest absolute Gasteiger partial charge is 0.369 e. The van der Waals surface area contributed by atoms with E-state index in [4.69, 9.17) is 5.26 Å². The van der Waals surface area contributed by atoms with Crippen LogP contribution in [0.5, 0.6) is 0 Å². The van der Waals surface area contributed by atoms with E-state index in [9.17, 15) is 4.21 Å². The topological polar surface area (TPSA) is 44.1 Å². The molecule has 0 bridgehead atoms. The van der Waals surface area contributed by atoms with Crippen molar-refractivity contribution in [1.29, 1.82) is 5.26 Å². The number of hydrogen-bond acceptors (Lipinski definition) is 3. The smallest absolute Gasteiger partial charge is 0.101 e. The van der Waals surface area contributed by atoms with Crippen molar-refractivity contribution in [3.63, 3.8) is 0 Å². The number of halogens is 1. The molecule has 0 amide bonds. The highest BCUT2D eigenvalue weighted by Crippen LogP contribution is 2.24. The Balaban J connectivity index is 2.27. The minimum Gasteiger partial charge on any atom is -0.369 e. The van der Waals surface area contributed by atoms with Crippen LogP contribution in [0.4, 0.5) is 5.69 Å². The lowest BCUT2D eigenvalue weighted by atomic mass is 10.1. The molecule has 0 atom stereocenters. The third-order valence-electron chi connectivity index (χ3n) is 2.60. The molecule has 0 radical (unpaired) electrons. The number of rotatable bonds is 1. The molecule has 84 valence electrons. The van der Waals surface area contributed by atoms with Gasteiger partial charge in [-0.1, -0.05) is 15.9 Å². The van der Waals surface area contributed by atoms with Crippen LogP contribution in [0.2, 0.25) is 0 Å². The fraction of sp³-hybridized carbons (Fsp3) is 0.364. The van der Waals surface area contributed by atoms with E-state index in [1.54, 1.807) is 0 Å². The molecule has 5 heteroatoms. The molecule has 1 fully saturated rings. The first-order valence-electron chi connectivity index (χ1n) is 5.00. The Morgan fingerprint density at radius 2 is 2.06 bits per heavy atom. The average molecular weight is 299 g/mol. The quantitative estimate of drug-likeness (QED) is 0.795. The normalized spacial score (nSPS) is 17.1. The second kappa shape index (κ2) is 4.98. The fourth-order valence-electron chi connectivity index (χ4n) is 1.75. The Labute approximate surface area is 106 Å². The first-order chi connectivity index (χ1) is 7.70. The van der Waals surface area contributed by atoms with Crippen molar-refractivity contribution in [3.05, 3.63) is 28.2 Å². The second-order valence-electron chi connectivity index (χ2n) is 3.61. The number of anilines is 1. The maximum absolute atomic E-state index is 11.3. The lowest BCUT2D eigenvalue weighted by Crippen LogP contribution is -2.38. The maximum Gasteiger partial charge on any atom is 0.101 e. The molecule has 1 aromatic carbocycles. The van der Waals surface area contributed by atoms with E-state index in [1.807, 2.05) is 18.2 Å². The third kappa shape index (κ3) is 2.45. The molecule has 0 spiro atoms. The Kier molecular flexibility index (Phi) is 3.62. The lowest BCUT2D eigenvalue weighted by Gasteiger charge is -2.29. The first kappa shape index (κ1) is 11.6. The van der Waals surface area contributed by atoms with Crippen LogP contribution >= 0.6 is 15.9 Å². The van der Waals surface area contributed by atoms with Gasteiger partial charge in [-0.25, -0.2) is 0 Å². The second-order valence-corrected chi connectivity index (χ2v) is 6.22.